The summed E-state index contributed by atoms with van der Waals surface area (Å²) in [5.74, 6) is 0.0594. The Morgan fingerprint density at radius 1 is 1.15 bits per heavy atom. The molecule has 1 amide bonds. The molecule has 0 bridgehead atoms. The lowest BCUT2D eigenvalue weighted by atomic mass is 9.85. The number of hydrogen-bond acceptors (Lipinski definition) is 3. The van der Waals surface area contributed by atoms with Crippen LogP contribution in [0.5, 0.6) is 0 Å². The minimum atomic E-state index is -1.04. The molecule has 138 valence electrons. The van der Waals surface area contributed by atoms with E-state index in [1.807, 2.05) is 47.4 Å². The maximum atomic E-state index is 12.9. The predicted molar refractivity (Wildman–Crippen MR) is 104 cm³/mol. The second-order valence-corrected chi connectivity index (χ2v) is 7.63. The molecule has 1 aliphatic heterocycles. The molecule has 0 aliphatic carbocycles. The van der Waals surface area contributed by atoms with Crippen molar-refractivity contribution in [3.63, 3.8) is 0 Å². The van der Waals surface area contributed by atoms with Gasteiger partial charge in [-0.15, -0.1) is 0 Å². The summed E-state index contributed by atoms with van der Waals surface area (Å²) in [5.41, 5.74) is 7.00. The molecule has 0 saturated carbocycles. The summed E-state index contributed by atoms with van der Waals surface area (Å²) in [7, 11) is 0. The van der Waals surface area contributed by atoms with Crippen molar-refractivity contribution in [3.05, 3.63) is 70.7 Å². The highest BCUT2D eigenvalue weighted by Gasteiger charge is 2.37. The fraction of sp³-hybridized carbons (Fsp3) is 0.381. The van der Waals surface area contributed by atoms with Crippen LogP contribution < -0.4 is 5.73 Å². The minimum Gasteiger partial charge on any atom is -0.388 e. The Balaban J connectivity index is 1.63. The van der Waals surface area contributed by atoms with Gasteiger partial charge in [0.25, 0.3) is 0 Å². The Hall–Kier alpha value is -1.88. The molecule has 0 radical (unpaired) electrons. The summed E-state index contributed by atoms with van der Waals surface area (Å²) in [5, 5.41) is 11.3. The van der Waals surface area contributed by atoms with E-state index >= 15 is 0 Å². The fourth-order valence-corrected chi connectivity index (χ4v) is 3.71. The number of nitrogens with zero attached hydrogens (tertiary/aromatic N) is 1. The average Bonchev–Trinajstić information content (AvgIpc) is 2.68. The SMILES string of the molecule is CC(N)(C(=O)N1CCC(C(O)c2ccc(Cl)cc2)CC1)c1ccccc1. The van der Waals surface area contributed by atoms with E-state index in [4.69, 9.17) is 17.3 Å². The highest BCUT2D eigenvalue weighted by Crippen LogP contribution is 2.32. The second kappa shape index (κ2) is 7.78. The van der Waals surface area contributed by atoms with Gasteiger partial charge in [0.2, 0.25) is 5.91 Å². The number of nitrogens with two attached hydrogens (primary N) is 1. The Kier molecular flexibility index (Phi) is 5.66. The van der Waals surface area contributed by atoms with Gasteiger partial charge < -0.3 is 15.7 Å². The molecule has 2 unspecified atom stereocenters. The van der Waals surface area contributed by atoms with Gasteiger partial charge in [-0.25, -0.2) is 0 Å². The van der Waals surface area contributed by atoms with E-state index < -0.39 is 11.6 Å². The molecule has 0 spiro atoms. The number of likely N-dealkylation sites (tertiary alicyclic amines) is 1. The molecule has 26 heavy (non-hydrogen) atoms. The van der Waals surface area contributed by atoms with E-state index in [9.17, 15) is 9.90 Å². The van der Waals surface area contributed by atoms with Crippen LogP contribution in [0.15, 0.2) is 54.6 Å². The van der Waals surface area contributed by atoms with Crippen molar-refractivity contribution in [1.29, 1.82) is 0 Å². The summed E-state index contributed by atoms with van der Waals surface area (Å²) in [6.07, 6.45) is 0.962. The molecule has 0 aromatic heterocycles. The Morgan fingerprint density at radius 3 is 2.31 bits per heavy atom. The van der Waals surface area contributed by atoms with Gasteiger partial charge in [0.05, 0.1) is 6.10 Å². The summed E-state index contributed by atoms with van der Waals surface area (Å²) in [6, 6.07) is 16.8. The van der Waals surface area contributed by atoms with Crippen LogP contribution >= 0.6 is 11.6 Å². The first-order chi connectivity index (χ1) is 12.4. The summed E-state index contributed by atoms with van der Waals surface area (Å²) in [4.78, 5) is 14.7. The lowest BCUT2D eigenvalue weighted by Gasteiger charge is -2.38. The maximum Gasteiger partial charge on any atom is 0.246 e. The quantitative estimate of drug-likeness (QED) is 0.863. The van der Waals surface area contributed by atoms with Gasteiger partial charge in [-0.3, -0.25) is 4.79 Å². The first kappa shape index (κ1) is 18.9. The van der Waals surface area contributed by atoms with Crippen LogP contribution in [0.4, 0.5) is 0 Å². The topological polar surface area (TPSA) is 66.6 Å². The van der Waals surface area contributed by atoms with E-state index in [-0.39, 0.29) is 11.8 Å². The van der Waals surface area contributed by atoms with Crippen LogP contribution in [0.3, 0.4) is 0 Å². The van der Waals surface area contributed by atoms with Crippen LogP contribution in [-0.2, 0) is 10.3 Å². The fourth-order valence-electron chi connectivity index (χ4n) is 3.59. The van der Waals surface area contributed by atoms with E-state index in [1.165, 1.54) is 0 Å². The Bertz CT molecular complexity index is 738. The van der Waals surface area contributed by atoms with Crippen molar-refractivity contribution in [2.45, 2.75) is 31.4 Å². The van der Waals surface area contributed by atoms with Crippen molar-refractivity contribution >= 4 is 17.5 Å². The Morgan fingerprint density at radius 2 is 1.73 bits per heavy atom. The molecule has 1 fully saturated rings. The van der Waals surface area contributed by atoms with Crippen LogP contribution in [0.2, 0.25) is 5.02 Å². The van der Waals surface area contributed by atoms with E-state index in [0.29, 0.717) is 18.1 Å². The average molecular weight is 373 g/mol. The highest BCUT2D eigenvalue weighted by atomic mass is 35.5. The number of halogens is 1. The second-order valence-electron chi connectivity index (χ2n) is 7.19. The zero-order valence-corrected chi connectivity index (χ0v) is 15.7. The molecule has 3 rings (SSSR count). The summed E-state index contributed by atoms with van der Waals surface area (Å²) in [6.45, 7) is 2.97. The number of benzene rings is 2. The third-order valence-corrected chi connectivity index (χ3v) is 5.55. The lowest BCUT2D eigenvalue weighted by molar-refractivity contribution is -0.138. The molecular formula is C21H25ClN2O2. The van der Waals surface area contributed by atoms with Gasteiger partial charge in [0.1, 0.15) is 5.54 Å². The number of carbonyl (C=O) groups is 1. The lowest BCUT2D eigenvalue weighted by Crippen LogP contribution is -2.53. The maximum absolute atomic E-state index is 12.9. The van der Waals surface area contributed by atoms with Crippen molar-refractivity contribution in [3.8, 4) is 0 Å². The number of carbonyl (C=O) groups excluding carboxylic acids is 1. The van der Waals surface area contributed by atoms with Gasteiger partial charge in [-0.1, -0.05) is 54.1 Å². The zero-order valence-electron chi connectivity index (χ0n) is 14.9. The standard InChI is InChI=1S/C21H25ClN2O2/c1-21(23,17-5-3-2-4-6-17)20(26)24-13-11-16(12-14-24)19(25)15-7-9-18(22)10-8-15/h2-10,16,19,25H,11-14,23H2,1H3. The van der Waals surface area contributed by atoms with Gasteiger partial charge >= 0.3 is 0 Å². The van der Waals surface area contributed by atoms with Crippen LogP contribution in [0, 0.1) is 5.92 Å². The highest BCUT2D eigenvalue weighted by molar-refractivity contribution is 6.30. The molecule has 1 heterocycles. The monoisotopic (exact) mass is 372 g/mol. The molecule has 4 nitrogen and oxygen atoms in total. The molecule has 1 aliphatic rings. The van der Waals surface area contributed by atoms with Crippen molar-refractivity contribution in [2.75, 3.05) is 13.1 Å². The van der Waals surface area contributed by atoms with Crippen LogP contribution in [0.25, 0.3) is 0 Å². The predicted octanol–water partition coefficient (Wildman–Crippen LogP) is 3.49. The van der Waals surface area contributed by atoms with Gasteiger partial charge in [0, 0.05) is 18.1 Å². The van der Waals surface area contributed by atoms with E-state index in [1.54, 1.807) is 19.1 Å². The van der Waals surface area contributed by atoms with Gasteiger partial charge in [-0.05, 0) is 48.9 Å². The summed E-state index contributed by atoms with van der Waals surface area (Å²) >= 11 is 5.91. The number of hydrogen-bond donors (Lipinski definition) is 2. The van der Waals surface area contributed by atoms with E-state index in [2.05, 4.69) is 0 Å². The number of rotatable bonds is 4. The smallest absolute Gasteiger partial charge is 0.246 e. The first-order valence-corrected chi connectivity index (χ1v) is 9.34. The van der Waals surface area contributed by atoms with Gasteiger partial charge in [-0.2, -0.15) is 0 Å². The van der Waals surface area contributed by atoms with Crippen molar-refractivity contribution < 1.29 is 9.90 Å². The zero-order chi connectivity index (χ0) is 18.7. The number of aliphatic hydroxyl groups is 1. The number of amides is 1. The van der Waals surface area contributed by atoms with Crippen molar-refractivity contribution in [1.82, 2.24) is 4.90 Å². The molecule has 2 atom stereocenters. The summed E-state index contributed by atoms with van der Waals surface area (Å²) < 4.78 is 0. The normalized spacial score (nSPS) is 19.0. The third kappa shape index (κ3) is 3.93. The van der Waals surface area contributed by atoms with Crippen LogP contribution in [-0.4, -0.2) is 29.0 Å². The molecule has 5 heteroatoms. The molecular weight excluding hydrogens is 348 g/mol. The van der Waals surface area contributed by atoms with Gasteiger partial charge in [0.15, 0.2) is 0 Å². The van der Waals surface area contributed by atoms with Crippen LogP contribution in [0.1, 0.15) is 37.0 Å². The molecule has 2 aromatic carbocycles. The molecule has 2 aromatic rings. The third-order valence-electron chi connectivity index (χ3n) is 5.30. The number of aliphatic hydroxyl groups excluding tert-OH is 1. The molecule has 3 N–H and O–H groups in total. The first-order valence-electron chi connectivity index (χ1n) is 8.97. The number of piperidine rings is 1. The Labute approximate surface area is 159 Å². The van der Waals surface area contributed by atoms with E-state index in [0.717, 1.165) is 24.0 Å². The molecule has 1 saturated heterocycles. The van der Waals surface area contributed by atoms with Crippen molar-refractivity contribution in [2.24, 2.45) is 11.7 Å². The minimum absolute atomic E-state index is 0.0665. The largest absolute Gasteiger partial charge is 0.388 e.